The monoisotopic (exact) mass is 353 g/mol. The molecule has 2 rings (SSSR count). The van der Waals surface area contributed by atoms with Gasteiger partial charge in [0.05, 0.1) is 0 Å². The molecule has 2 aromatic rings. The number of rotatable bonds is 4. The maximum atomic E-state index is 6.12. The molecular weight excluding hydrogens is 338 g/mol. The van der Waals surface area contributed by atoms with Crippen LogP contribution < -0.4 is 10.1 Å². The lowest BCUT2D eigenvalue weighted by molar-refractivity contribution is 0.470. The van der Waals surface area contributed by atoms with E-state index in [0.29, 0.717) is 0 Å². The highest BCUT2D eigenvalue weighted by molar-refractivity contribution is 9.10. The first-order valence-corrected chi connectivity index (χ1v) is 7.56. The molecule has 2 nitrogen and oxygen atoms in total. The molecule has 0 fully saturated rings. The van der Waals surface area contributed by atoms with E-state index in [1.165, 1.54) is 0 Å². The maximum Gasteiger partial charge on any atom is 0.133 e. The van der Waals surface area contributed by atoms with E-state index >= 15 is 0 Å². The van der Waals surface area contributed by atoms with Crippen molar-refractivity contribution in [2.45, 2.75) is 20.4 Å². The van der Waals surface area contributed by atoms with Gasteiger partial charge in [0.15, 0.2) is 0 Å². The molecule has 0 heterocycles. The van der Waals surface area contributed by atoms with Crippen molar-refractivity contribution >= 4 is 27.5 Å². The fraction of sp³-hybridized carbons (Fsp3) is 0.250. The molecule has 4 heteroatoms. The zero-order chi connectivity index (χ0) is 14.7. The minimum atomic E-state index is 0.758. The van der Waals surface area contributed by atoms with Crippen molar-refractivity contribution in [1.29, 1.82) is 0 Å². The quantitative estimate of drug-likeness (QED) is 0.811. The minimum absolute atomic E-state index is 0.758. The summed E-state index contributed by atoms with van der Waals surface area (Å²) >= 11 is 9.61. The fourth-order valence-electron chi connectivity index (χ4n) is 1.95. The largest absolute Gasteiger partial charge is 0.457 e. The molecule has 0 amide bonds. The molecule has 0 aromatic heterocycles. The molecule has 0 aliphatic carbocycles. The van der Waals surface area contributed by atoms with Gasteiger partial charge in [-0.3, -0.25) is 0 Å². The Morgan fingerprint density at radius 2 is 1.85 bits per heavy atom. The summed E-state index contributed by atoms with van der Waals surface area (Å²) in [4.78, 5) is 0. The van der Waals surface area contributed by atoms with Crippen LogP contribution >= 0.6 is 27.5 Å². The van der Waals surface area contributed by atoms with Crippen LogP contribution in [0.15, 0.2) is 34.8 Å². The lowest BCUT2D eigenvalue weighted by Crippen LogP contribution is -2.06. The van der Waals surface area contributed by atoms with Gasteiger partial charge in [-0.1, -0.05) is 33.6 Å². The third-order valence-corrected chi connectivity index (χ3v) is 4.19. The Morgan fingerprint density at radius 3 is 2.55 bits per heavy atom. The van der Waals surface area contributed by atoms with Crippen LogP contribution in [0, 0.1) is 13.8 Å². The Kier molecular flexibility index (Phi) is 5.08. The van der Waals surface area contributed by atoms with Crippen molar-refractivity contribution in [3.05, 3.63) is 56.5 Å². The highest BCUT2D eigenvalue weighted by Gasteiger charge is 2.10. The van der Waals surface area contributed by atoms with Gasteiger partial charge in [-0.15, -0.1) is 0 Å². The third kappa shape index (κ3) is 3.35. The Hall–Kier alpha value is -1.03. The SMILES string of the molecule is CNCc1ccc(Br)cc1Oc1ccc(Cl)c(C)c1C. The first-order chi connectivity index (χ1) is 9.52. The summed E-state index contributed by atoms with van der Waals surface area (Å²) in [5.74, 6) is 1.68. The number of nitrogens with one attached hydrogen (secondary N) is 1. The van der Waals surface area contributed by atoms with Crippen molar-refractivity contribution in [2.75, 3.05) is 7.05 Å². The van der Waals surface area contributed by atoms with E-state index in [-0.39, 0.29) is 0 Å². The first-order valence-electron chi connectivity index (χ1n) is 6.39. The van der Waals surface area contributed by atoms with Crippen LogP contribution in [0.2, 0.25) is 5.02 Å². The van der Waals surface area contributed by atoms with Crippen molar-refractivity contribution < 1.29 is 4.74 Å². The highest BCUT2D eigenvalue weighted by Crippen LogP contribution is 2.33. The lowest BCUT2D eigenvalue weighted by atomic mass is 10.1. The molecule has 0 radical (unpaired) electrons. The smallest absolute Gasteiger partial charge is 0.133 e. The van der Waals surface area contributed by atoms with Gasteiger partial charge < -0.3 is 10.1 Å². The van der Waals surface area contributed by atoms with Gasteiger partial charge in [0.25, 0.3) is 0 Å². The summed E-state index contributed by atoms with van der Waals surface area (Å²) in [6.07, 6.45) is 0. The molecule has 0 spiro atoms. The van der Waals surface area contributed by atoms with E-state index in [1.807, 2.05) is 51.2 Å². The molecule has 0 aliphatic heterocycles. The van der Waals surface area contributed by atoms with Gasteiger partial charge in [-0.25, -0.2) is 0 Å². The van der Waals surface area contributed by atoms with Crippen LogP contribution in [-0.2, 0) is 6.54 Å². The van der Waals surface area contributed by atoms with Crippen LogP contribution in [0.25, 0.3) is 0 Å². The second-order valence-electron chi connectivity index (χ2n) is 4.68. The number of halogens is 2. The van der Waals surface area contributed by atoms with E-state index in [4.69, 9.17) is 16.3 Å². The molecule has 2 aromatic carbocycles. The summed E-state index contributed by atoms with van der Waals surface area (Å²) in [5.41, 5.74) is 3.23. The van der Waals surface area contributed by atoms with Gasteiger partial charge in [0, 0.05) is 21.6 Å². The molecule has 0 bridgehead atoms. The summed E-state index contributed by atoms with van der Waals surface area (Å²) in [5, 5.41) is 3.91. The maximum absolute atomic E-state index is 6.12. The predicted molar refractivity (Wildman–Crippen MR) is 87.9 cm³/mol. The molecule has 0 saturated heterocycles. The van der Waals surface area contributed by atoms with E-state index in [1.54, 1.807) is 0 Å². The highest BCUT2D eigenvalue weighted by atomic mass is 79.9. The van der Waals surface area contributed by atoms with Crippen molar-refractivity contribution in [1.82, 2.24) is 5.32 Å². The van der Waals surface area contributed by atoms with Crippen LogP contribution in [-0.4, -0.2) is 7.05 Å². The normalized spacial score (nSPS) is 10.7. The number of hydrogen-bond donors (Lipinski definition) is 1. The molecule has 106 valence electrons. The Balaban J connectivity index is 2.39. The average molecular weight is 355 g/mol. The number of benzene rings is 2. The van der Waals surface area contributed by atoms with Crippen molar-refractivity contribution in [2.24, 2.45) is 0 Å². The number of hydrogen-bond acceptors (Lipinski definition) is 2. The molecule has 0 unspecified atom stereocenters. The summed E-state index contributed by atoms with van der Waals surface area (Å²) in [7, 11) is 1.92. The zero-order valence-corrected chi connectivity index (χ0v) is 14.1. The van der Waals surface area contributed by atoms with Crippen molar-refractivity contribution in [3.63, 3.8) is 0 Å². The molecule has 0 saturated carbocycles. The van der Waals surface area contributed by atoms with Crippen LogP contribution in [0.4, 0.5) is 0 Å². The van der Waals surface area contributed by atoms with Crippen molar-refractivity contribution in [3.8, 4) is 11.5 Å². The van der Waals surface area contributed by atoms with Gasteiger partial charge in [-0.2, -0.15) is 0 Å². The van der Waals surface area contributed by atoms with Gasteiger partial charge >= 0.3 is 0 Å². The van der Waals surface area contributed by atoms with E-state index in [2.05, 4.69) is 21.2 Å². The van der Waals surface area contributed by atoms with E-state index in [0.717, 1.165) is 44.2 Å². The molecule has 0 atom stereocenters. The van der Waals surface area contributed by atoms with Gasteiger partial charge in [-0.05, 0) is 56.3 Å². The molecule has 1 N–H and O–H groups in total. The lowest BCUT2D eigenvalue weighted by Gasteiger charge is -2.15. The topological polar surface area (TPSA) is 21.3 Å². The van der Waals surface area contributed by atoms with Crippen LogP contribution in [0.1, 0.15) is 16.7 Å². The van der Waals surface area contributed by atoms with E-state index in [9.17, 15) is 0 Å². The van der Waals surface area contributed by atoms with E-state index < -0.39 is 0 Å². The molecule has 20 heavy (non-hydrogen) atoms. The number of ether oxygens (including phenoxy) is 1. The predicted octanol–water partition coefficient (Wildman–Crippen LogP) is 5.23. The summed E-state index contributed by atoms with van der Waals surface area (Å²) in [6, 6.07) is 9.83. The van der Waals surface area contributed by atoms with Crippen LogP contribution in [0.5, 0.6) is 11.5 Å². The summed E-state index contributed by atoms with van der Waals surface area (Å²) in [6.45, 7) is 4.78. The van der Waals surface area contributed by atoms with Crippen LogP contribution in [0.3, 0.4) is 0 Å². The zero-order valence-electron chi connectivity index (χ0n) is 11.8. The summed E-state index contributed by atoms with van der Waals surface area (Å²) < 4.78 is 7.08. The third-order valence-electron chi connectivity index (χ3n) is 3.29. The Morgan fingerprint density at radius 1 is 1.10 bits per heavy atom. The average Bonchev–Trinajstić information content (AvgIpc) is 2.42. The standard InChI is InChI=1S/C16H17BrClNO/c1-10-11(2)15(7-6-14(10)18)20-16-8-13(17)5-4-12(16)9-19-3/h4-8,19H,9H2,1-3H3. The molecular formula is C16H17BrClNO. The Labute approximate surface area is 133 Å². The minimum Gasteiger partial charge on any atom is -0.457 e. The fourth-order valence-corrected chi connectivity index (χ4v) is 2.50. The first kappa shape index (κ1) is 15.4. The Bertz CT molecular complexity index is 628. The van der Waals surface area contributed by atoms with Gasteiger partial charge in [0.2, 0.25) is 0 Å². The molecule has 0 aliphatic rings. The van der Waals surface area contributed by atoms with Gasteiger partial charge in [0.1, 0.15) is 11.5 Å². The second-order valence-corrected chi connectivity index (χ2v) is 6.00. The second kappa shape index (κ2) is 6.61.